The first kappa shape index (κ1) is 18.2. The van der Waals surface area contributed by atoms with Gasteiger partial charge < -0.3 is 25.7 Å². The van der Waals surface area contributed by atoms with E-state index in [4.69, 9.17) is 10.2 Å². The van der Waals surface area contributed by atoms with E-state index in [2.05, 4.69) is 10.6 Å². The minimum atomic E-state index is -1.21. The first-order chi connectivity index (χ1) is 9.46. The number of aliphatic hydroxyl groups is 1. The van der Waals surface area contributed by atoms with Gasteiger partial charge in [0.1, 0.15) is 6.04 Å². The molecule has 0 rings (SSSR count). The van der Waals surface area contributed by atoms with Gasteiger partial charge in [-0.3, -0.25) is 4.79 Å². The lowest BCUT2D eigenvalue weighted by Crippen LogP contribution is -2.47. The number of carbonyl (C=O) groups is 3. The number of aliphatic hydroxyl groups excluding tert-OH is 1. The first-order valence-corrected chi connectivity index (χ1v) is 6.62. The molecular formula is C12H23N3O5. The predicted octanol–water partition coefficient (Wildman–Crippen LogP) is -0.620. The fraction of sp³-hybridized carbons (Fsp3) is 0.750. The maximum atomic E-state index is 11.6. The van der Waals surface area contributed by atoms with Crippen LogP contribution >= 0.6 is 0 Å². The second-order valence-electron chi connectivity index (χ2n) is 4.12. The zero-order chi connectivity index (χ0) is 15.5. The standard InChI is InChI=1S/C12H23N3O5/c1-3-15(4-2)10(17)5-7-13-12(20)14-9(6-8-16)11(18)19/h9,16H,3-8H2,1-2H3,(H,18,19)(H2,13,14,20). The Labute approximate surface area is 118 Å². The molecule has 116 valence electrons. The number of nitrogens with zero attached hydrogens (tertiary/aromatic N) is 1. The number of rotatable bonds is 9. The highest BCUT2D eigenvalue weighted by Gasteiger charge is 2.19. The van der Waals surface area contributed by atoms with Crippen LogP contribution in [0.5, 0.6) is 0 Å². The van der Waals surface area contributed by atoms with E-state index in [-0.39, 0.29) is 31.9 Å². The Balaban J connectivity index is 4.04. The minimum Gasteiger partial charge on any atom is -0.480 e. The fourth-order valence-electron chi connectivity index (χ4n) is 1.61. The predicted molar refractivity (Wildman–Crippen MR) is 72.2 cm³/mol. The summed E-state index contributed by atoms with van der Waals surface area (Å²) in [5, 5.41) is 22.1. The van der Waals surface area contributed by atoms with Crippen molar-refractivity contribution >= 4 is 17.9 Å². The number of aliphatic carboxylic acids is 1. The molecule has 20 heavy (non-hydrogen) atoms. The Morgan fingerprint density at radius 2 is 1.80 bits per heavy atom. The Kier molecular flexibility index (Phi) is 9.10. The van der Waals surface area contributed by atoms with Gasteiger partial charge in [-0.05, 0) is 13.8 Å². The lowest BCUT2D eigenvalue weighted by Gasteiger charge is -2.19. The van der Waals surface area contributed by atoms with E-state index < -0.39 is 18.0 Å². The van der Waals surface area contributed by atoms with E-state index in [1.807, 2.05) is 13.8 Å². The smallest absolute Gasteiger partial charge is 0.326 e. The van der Waals surface area contributed by atoms with Gasteiger partial charge in [0.05, 0.1) is 0 Å². The molecular weight excluding hydrogens is 266 g/mol. The Morgan fingerprint density at radius 1 is 1.20 bits per heavy atom. The first-order valence-electron chi connectivity index (χ1n) is 6.62. The second-order valence-corrected chi connectivity index (χ2v) is 4.12. The van der Waals surface area contributed by atoms with Crippen molar-refractivity contribution in [2.45, 2.75) is 32.7 Å². The number of carboxylic acid groups (broad SMARTS) is 1. The van der Waals surface area contributed by atoms with Gasteiger partial charge in [0.2, 0.25) is 5.91 Å². The minimum absolute atomic E-state index is 0.0683. The molecule has 4 N–H and O–H groups in total. The number of carboxylic acids is 1. The highest BCUT2D eigenvalue weighted by molar-refractivity contribution is 5.83. The van der Waals surface area contributed by atoms with E-state index in [0.29, 0.717) is 13.1 Å². The van der Waals surface area contributed by atoms with Crippen LogP contribution in [0.3, 0.4) is 0 Å². The summed E-state index contributed by atoms with van der Waals surface area (Å²) >= 11 is 0. The SMILES string of the molecule is CCN(CC)C(=O)CCNC(=O)NC(CCO)C(=O)O. The number of hydrogen-bond acceptors (Lipinski definition) is 4. The van der Waals surface area contributed by atoms with Crippen molar-refractivity contribution in [3.05, 3.63) is 0 Å². The second kappa shape index (κ2) is 10.0. The van der Waals surface area contributed by atoms with Crippen molar-refractivity contribution in [2.75, 3.05) is 26.2 Å². The van der Waals surface area contributed by atoms with Crippen molar-refractivity contribution in [3.8, 4) is 0 Å². The van der Waals surface area contributed by atoms with Gasteiger partial charge in [-0.15, -0.1) is 0 Å². The van der Waals surface area contributed by atoms with Gasteiger partial charge in [-0.1, -0.05) is 0 Å². The van der Waals surface area contributed by atoms with Crippen LogP contribution in [-0.2, 0) is 9.59 Å². The van der Waals surface area contributed by atoms with Crippen LogP contribution < -0.4 is 10.6 Å². The molecule has 8 nitrogen and oxygen atoms in total. The maximum absolute atomic E-state index is 11.6. The Morgan fingerprint density at radius 3 is 2.25 bits per heavy atom. The molecule has 0 aromatic heterocycles. The molecule has 0 heterocycles. The van der Waals surface area contributed by atoms with E-state index in [1.54, 1.807) is 4.90 Å². The van der Waals surface area contributed by atoms with Crippen LogP contribution in [-0.4, -0.2) is 65.3 Å². The summed E-state index contributed by atoms with van der Waals surface area (Å²) in [5.41, 5.74) is 0. The summed E-state index contributed by atoms with van der Waals surface area (Å²) in [6, 6.07) is -1.81. The lowest BCUT2D eigenvalue weighted by atomic mass is 10.2. The zero-order valence-electron chi connectivity index (χ0n) is 11.9. The third-order valence-corrected chi connectivity index (χ3v) is 2.76. The van der Waals surface area contributed by atoms with Crippen LogP contribution in [0.15, 0.2) is 0 Å². The summed E-state index contributed by atoms with van der Waals surface area (Å²) in [6.07, 6.45) is 0.0912. The van der Waals surface area contributed by atoms with Crippen LogP contribution in [0.25, 0.3) is 0 Å². The quantitative estimate of drug-likeness (QED) is 0.451. The fourth-order valence-corrected chi connectivity index (χ4v) is 1.61. The van der Waals surface area contributed by atoms with Crippen molar-refractivity contribution in [1.82, 2.24) is 15.5 Å². The van der Waals surface area contributed by atoms with Gasteiger partial charge in [0.25, 0.3) is 0 Å². The molecule has 0 aromatic carbocycles. The molecule has 0 saturated carbocycles. The van der Waals surface area contributed by atoms with Gasteiger partial charge in [-0.25, -0.2) is 9.59 Å². The number of urea groups is 1. The summed E-state index contributed by atoms with van der Waals surface area (Å²) in [5.74, 6) is -1.28. The molecule has 1 atom stereocenters. The molecule has 1 unspecified atom stereocenters. The number of hydrogen-bond donors (Lipinski definition) is 4. The van der Waals surface area contributed by atoms with Gasteiger partial charge in [0.15, 0.2) is 0 Å². The Hall–Kier alpha value is -1.83. The molecule has 0 spiro atoms. The molecule has 0 bridgehead atoms. The number of nitrogens with one attached hydrogen (secondary N) is 2. The van der Waals surface area contributed by atoms with Gasteiger partial charge in [-0.2, -0.15) is 0 Å². The summed E-state index contributed by atoms with van der Waals surface area (Å²) < 4.78 is 0. The third kappa shape index (κ3) is 6.93. The van der Waals surface area contributed by atoms with Crippen molar-refractivity contribution in [2.24, 2.45) is 0 Å². The molecule has 0 radical (unpaired) electrons. The van der Waals surface area contributed by atoms with Gasteiger partial charge in [0, 0.05) is 39.1 Å². The Bertz CT molecular complexity index is 331. The normalized spacial score (nSPS) is 11.6. The maximum Gasteiger partial charge on any atom is 0.326 e. The molecule has 0 aromatic rings. The van der Waals surface area contributed by atoms with E-state index in [9.17, 15) is 14.4 Å². The zero-order valence-corrected chi connectivity index (χ0v) is 11.9. The van der Waals surface area contributed by atoms with E-state index >= 15 is 0 Å². The van der Waals surface area contributed by atoms with Gasteiger partial charge >= 0.3 is 12.0 Å². The highest BCUT2D eigenvalue weighted by Crippen LogP contribution is 1.94. The van der Waals surface area contributed by atoms with Crippen LogP contribution in [0.1, 0.15) is 26.7 Å². The van der Waals surface area contributed by atoms with Crippen molar-refractivity contribution in [3.63, 3.8) is 0 Å². The topological polar surface area (TPSA) is 119 Å². The average molecular weight is 289 g/mol. The molecule has 0 aliphatic rings. The summed E-state index contributed by atoms with van der Waals surface area (Å²) in [6.45, 7) is 4.75. The molecule has 0 saturated heterocycles. The van der Waals surface area contributed by atoms with Crippen LogP contribution in [0.4, 0.5) is 4.79 Å². The molecule has 0 aliphatic carbocycles. The molecule has 0 fully saturated rings. The van der Waals surface area contributed by atoms with Crippen LogP contribution in [0, 0.1) is 0 Å². The summed E-state index contributed by atoms with van der Waals surface area (Å²) in [4.78, 5) is 35.5. The third-order valence-electron chi connectivity index (χ3n) is 2.76. The van der Waals surface area contributed by atoms with Crippen molar-refractivity contribution in [1.29, 1.82) is 0 Å². The van der Waals surface area contributed by atoms with E-state index in [1.165, 1.54) is 0 Å². The highest BCUT2D eigenvalue weighted by atomic mass is 16.4. The lowest BCUT2D eigenvalue weighted by molar-refractivity contribution is -0.139. The number of carbonyl (C=O) groups excluding carboxylic acids is 2. The van der Waals surface area contributed by atoms with Crippen LogP contribution in [0.2, 0.25) is 0 Å². The molecule has 3 amide bonds. The molecule has 8 heteroatoms. The van der Waals surface area contributed by atoms with E-state index in [0.717, 1.165) is 0 Å². The summed E-state index contributed by atoms with van der Waals surface area (Å²) in [7, 11) is 0. The van der Waals surface area contributed by atoms with Crippen molar-refractivity contribution < 1.29 is 24.6 Å². The number of amides is 3. The molecule has 0 aliphatic heterocycles. The largest absolute Gasteiger partial charge is 0.480 e. The average Bonchev–Trinajstić information content (AvgIpc) is 2.39. The monoisotopic (exact) mass is 289 g/mol.